The number of hydrogen-bond donors (Lipinski definition) is 1. The monoisotopic (exact) mass is 434 g/mol. The average molecular weight is 434 g/mol. The zero-order valence-corrected chi connectivity index (χ0v) is 17.3. The second kappa shape index (κ2) is 7.93. The molecule has 0 amide bonds. The summed E-state index contributed by atoms with van der Waals surface area (Å²) in [4.78, 5) is 27.5. The number of benzene rings is 2. The largest absolute Gasteiger partial charge is 0.319 e. The number of Topliss-reactive ketones (excluding diaryl/α,β-unsaturated/α-hetero) is 1. The molecule has 0 aliphatic carbocycles. The van der Waals surface area contributed by atoms with Crippen molar-refractivity contribution >= 4 is 44.3 Å². The summed E-state index contributed by atoms with van der Waals surface area (Å²) in [6.07, 6.45) is 0. The van der Waals surface area contributed by atoms with Crippen molar-refractivity contribution in [2.75, 3.05) is 5.75 Å². The van der Waals surface area contributed by atoms with Crippen LogP contribution in [0.25, 0.3) is 11.0 Å². The number of nitrogens with zero attached hydrogens (tertiary/aromatic N) is 3. The van der Waals surface area contributed by atoms with Gasteiger partial charge in [-0.2, -0.15) is 0 Å². The van der Waals surface area contributed by atoms with Gasteiger partial charge in [-0.3, -0.25) is 14.9 Å². The van der Waals surface area contributed by atoms with Crippen molar-refractivity contribution < 1.29 is 18.1 Å². The van der Waals surface area contributed by atoms with E-state index in [9.17, 15) is 23.3 Å². The number of hydrogen-bond acceptors (Lipinski definition) is 7. The Morgan fingerprint density at radius 3 is 2.62 bits per heavy atom. The Hall–Kier alpha value is -2.76. The molecule has 2 aromatic carbocycles. The molecular weight excluding hydrogens is 416 g/mol. The van der Waals surface area contributed by atoms with Crippen LogP contribution in [0.15, 0.2) is 46.5 Å². The molecule has 152 valence electrons. The van der Waals surface area contributed by atoms with Gasteiger partial charge in [-0.1, -0.05) is 23.9 Å². The van der Waals surface area contributed by atoms with Crippen molar-refractivity contribution in [3.8, 4) is 0 Å². The van der Waals surface area contributed by atoms with Crippen molar-refractivity contribution in [1.29, 1.82) is 0 Å². The van der Waals surface area contributed by atoms with E-state index in [4.69, 9.17) is 5.14 Å². The van der Waals surface area contributed by atoms with Crippen LogP contribution in [0.2, 0.25) is 0 Å². The zero-order valence-electron chi connectivity index (χ0n) is 15.7. The first-order valence-corrected chi connectivity index (χ1v) is 11.1. The van der Waals surface area contributed by atoms with Crippen LogP contribution < -0.4 is 5.14 Å². The lowest BCUT2D eigenvalue weighted by atomic mass is 10.1. The first-order chi connectivity index (χ1) is 13.6. The Morgan fingerprint density at radius 1 is 1.28 bits per heavy atom. The SMILES string of the molecule is CCn1c(SCC(=O)c2ccc(C)c([N+](=O)[O-])c2)nc2cc(S(N)(=O)=O)ccc21. The van der Waals surface area contributed by atoms with Gasteiger partial charge in [0.1, 0.15) is 0 Å². The summed E-state index contributed by atoms with van der Waals surface area (Å²) in [6, 6.07) is 8.82. The van der Waals surface area contributed by atoms with Gasteiger partial charge in [-0.25, -0.2) is 18.5 Å². The molecule has 0 atom stereocenters. The Bertz CT molecular complexity index is 1230. The molecule has 29 heavy (non-hydrogen) atoms. The highest BCUT2D eigenvalue weighted by Crippen LogP contribution is 2.27. The van der Waals surface area contributed by atoms with Crippen LogP contribution in [0.3, 0.4) is 0 Å². The minimum Gasteiger partial charge on any atom is -0.319 e. The van der Waals surface area contributed by atoms with E-state index in [1.54, 1.807) is 25.1 Å². The molecule has 0 bridgehead atoms. The molecule has 3 rings (SSSR count). The van der Waals surface area contributed by atoms with Crippen molar-refractivity contribution in [3.63, 3.8) is 0 Å². The highest BCUT2D eigenvalue weighted by atomic mass is 32.2. The van der Waals surface area contributed by atoms with Crippen molar-refractivity contribution in [2.24, 2.45) is 5.14 Å². The van der Waals surface area contributed by atoms with Gasteiger partial charge in [0.25, 0.3) is 5.69 Å². The van der Waals surface area contributed by atoms with Crippen LogP contribution >= 0.6 is 11.8 Å². The Balaban J connectivity index is 1.87. The molecule has 0 saturated carbocycles. The quantitative estimate of drug-likeness (QED) is 0.261. The van der Waals surface area contributed by atoms with Gasteiger partial charge in [0.15, 0.2) is 10.9 Å². The molecule has 0 aliphatic heterocycles. The van der Waals surface area contributed by atoms with Crippen LogP contribution in [-0.4, -0.2) is 34.4 Å². The number of carbonyl (C=O) groups excluding carboxylic acids is 1. The number of sulfonamides is 1. The Kier molecular flexibility index (Phi) is 5.73. The van der Waals surface area contributed by atoms with Crippen molar-refractivity contribution in [3.05, 3.63) is 57.6 Å². The normalized spacial score (nSPS) is 11.7. The summed E-state index contributed by atoms with van der Waals surface area (Å²) in [5.41, 5.74) is 1.82. The zero-order chi connectivity index (χ0) is 21.3. The number of aromatic nitrogens is 2. The van der Waals surface area contributed by atoms with E-state index in [1.165, 1.54) is 30.0 Å². The van der Waals surface area contributed by atoms with Crippen LogP contribution in [-0.2, 0) is 16.6 Å². The van der Waals surface area contributed by atoms with Gasteiger partial charge in [-0.05, 0) is 32.0 Å². The number of rotatable bonds is 7. The van der Waals surface area contributed by atoms with E-state index >= 15 is 0 Å². The summed E-state index contributed by atoms with van der Waals surface area (Å²) in [5, 5.41) is 16.8. The number of thioether (sulfide) groups is 1. The van der Waals surface area contributed by atoms with E-state index in [0.29, 0.717) is 22.8 Å². The molecule has 11 heteroatoms. The van der Waals surface area contributed by atoms with Gasteiger partial charge in [0.05, 0.1) is 26.6 Å². The van der Waals surface area contributed by atoms with Crippen LogP contribution in [0, 0.1) is 17.0 Å². The lowest BCUT2D eigenvalue weighted by Gasteiger charge is -2.06. The van der Waals surface area contributed by atoms with Gasteiger partial charge in [0, 0.05) is 23.7 Å². The van der Waals surface area contributed by atoms with Gasteiger partial charge in [0.2, 0.25) is 10.0 Å². The number of carbonyl (C=O) groups is 1. The molecule has 1 heterocycles. The molecule has 0 aliphatic rings. The van der Waals surface area contributed by atoms with Crippen LogP contribution in [0.5, 0.6) is 0 Å². The highest BCUT2D eigenvalue weighted by Gasteiger charge is 2.18. The van der Waals surface area contributed by atoms with Crippen LogP contribution in [0.1, 0.15) is 22.8 Å². The number of nitro groups is 1. The Labute approximate surface area is 171 Å². The Morgan fingerprint density at radius 2 is 2.00 bits per heavy atom. The third-order valence-corrected chi connectivity index (χ3v) is 6.28. The fraction of sp³-hybridized carbons (Fsp3) is 0.222. The number of primary sulfonamides is 1. The van der Waals surface area contributed by atoms with E-state index in [0.717, 1.165) is 5.52 Å². The first-order valence-electron chi connectivity index (χ1n) is 8.56. The number of nitrogens with two attached hydrogens (primary N) is 1. The molecule has 3 aromatic rings. The maximum Gasteiger partial charge on any atom is 0.273 e. The molecule has 0 unspecified atom stereocenters. The van der Waals surface area contributed by atoms with E-state index < -0.39 is 14.9 Å². The third kappa shape index (κ3) is 4.31. The van der Waals surface area contributed by atoms with Gasteiger partial charge >= 0.3 is 0 Å². The summed E-state index contributed by atoms with van der Waals surface area (Å²) < 4.78 is 25.0. The molecule has 2 N–H and O–H groups in total. The summed E-state index contributed by atoms with van der Waals surface area (Å²) in [5.74, 6) is -0.232. The van der Waals surface area contributed by atoms with Crippen molar-refractivity contribution in [1.82, 2.24) is 9.55 Å². The fourth-order valence-electron chi connectivity index (χ4n) is 2.87. The standard InChI is InChI=1S/C18H18N4O5S2/c1-3-21-15-7-6-13(29(19,26)27)9-14(15)20-18(21)28-10-17(23)12-5-4-11(2)16(8-12)22(24)25/h4-9H,3,10H2,1-2H3,(H2,19,26,27). The average Bonchev–Trinajstić information content (AvgIpc) is 3.02. The first kappa shape index (κ1) is 21.0. The minimum atomic E-state index is -3.85. The predicted octanol–water partition coefficient (Wildman–Crippen LogP) is 2.90. The fourth-order valence-corrected chi connectivity index (χ4v) is 4.38. The summed E-state index contributed by atoms with van der Waals surface area (Å²) in [6.45, 7) is 4.09. The van der Waals surface area contributed by atoms with E-state index in [1.807, 2.05) is 11.5 Å². The van der Waals surface area contributed by atoms with Gasteiger partial charge < -0.3 is 4.57 Å². The molecular formula is C18H18N4O5S2. The van der Waals surface area contributed by atoms with E-state index in [-0.39, 0.29) is 27.7 Å². The maximum atomic E-state index is 12.5. The topological polar surface area (TPSA) is 138 Å². The van der Waals surface area contributed by atoms with Gasteiger partial charge in [-0.15, -0.1) is 0 Å². The summed E-state index contributed by atoms with van der Waals surface area (Å²) in [7, 11) is -3.85. The smallest absolute Gasteiger partial charge is 0.273 e. The van der Waals surface area contributed by atoms with Crippen molar-refractivity contribution in [2.45, 2.75) is 30.4 Å². The lowest BCUT2D eigenvalue weighted by Crippen LogP contribution is -2.11. The number of imidazole rings is 1. The number of fused-ring (bicyclic) bond motifs is 1. The van der Waals surface area contributed by atoms with E-state index in [2.05, 4.69) is 4.98 Å². The number of ketones is 1. The number of aryl methyl sites for hydroxylation is 2. The van der Waals surface area contributed by atoms with Crippen LogP contribution in [0.4, 0.5) is 5.69 Å². The molecule has 9 nitrogen and oxygen atoms in total. The molecule has 0 fully saturated rings. The third-order valence-electron chi connectivity index (χ3n) is 4.39. The lowest BCUT2D eigenvalue weighted by molar-refractivity contribution is -0.385. The predicted molar refractivity (Wildman–Crippen MR) is 110 cm³/mol. The second-order valence-corrected chi connectivity index (χ2v) is 8.81. The molecule has 0 radical (unpaired) electrons. The maximum absolute atomic E-state index is 12.5. The highest BCUT2D eigenvalue weighted by molar-refractivity contribution is 7.99. The summed E-state index contributed by atoms with van der Waals surface area (Å²) >= 11 is 1.18. The molecule has 0 saturated heterocycles. The number of nitro benzene ring substituents is 1. The molecule has 1 aromatic heterocycles. The minimum absolute atomic E-state index is 0.0333. The molecule has 0 spiro atoms. The second-order valence-electron chi connectivity index (χ2n) is 6.30.